The molecule has 0 aliphatic heterocycles. The topological polar surface area (TPSA) is 63.2 Å². The number of rotatable bonds is 6. The fourth-order valence-corrected chi connectivity index (χ4v) is 2.10. The van der Waals surface area contributed by atoms with Crippen LogP contribution in [0.15, 0.2) is 48.8 Å². The van der Waals surface area contributed by atoms with E-state index in [4.69, 9.17) is 4.74 Å². The van der Waals surface area contributed by atoms with Crippen LogP contribution in [0.2, 0.25) is 0 Å². The SMILES string of the molecule is COc1ccc(CCNC(=O)NC(C)c2ccncc2)cc1. The van der Waals surface area contributed by atoms with E-state index < -0.39 is 0 Å². The van der Waals surface area contributed by atoms with Crippen LogP contribution in [0.5, 0.6) is 5.75 Å². The summed E-state index contributed by atoms with van der Waals surface area (Å²) >= 11 is 0. The number of urea groups is 1. The summed E-state index contributed by atoms with van der Waals surface area (Å²) < 4.78 is 5.11. The highest BCUT2D eigenvalue weighted by molar-refractivity contribution is 5.74. The van der Waals surface area contributed by atoms with Gasteiger partial charge < -0.3 is 15.4 Å². The molecule has 0 bridgehead atoms. The van der Waals surface area contributed by atoms with Crippen molar-refractivity contribution in [1.82, 2.24) is 15.6 Å². The molecule has 0 saturated heterocycles. The molecule has 1 unspecified atom stereocenters. The molecule has 5 heteroatoms. The molecular formula is C17H21N3O2. The average molecular weight is 299 g/mol. The molecule has 0 fully saturated rings. The Kier molecular flexibility index (Phi) is 5.77. The molecule has 2 N–H and O–H groups in total. The number of carbonyl (C=O) groups excluding carboxylic acids is 1. The van der Waals surface area contributed by atoms with Crippen LogP contribution in [-0.2, 0) is 6.42 Å². The third kappa shape index (κ3) is 4.77. The van der Waals surface area contributed by atoms with Gasteiger partial charge >= 0.3 is 6.03 Å². The number of amides is 2. The Morgan fingerprint density at radius 2 is 1.86 bits per heavy atom. The second kappa shape index (κ2) is 8.02. The van der Waals surface area contributed by atoms with Gasteiger partial charge in [-0.15, -0.1) is 0 Å². The Bertz CT molecular complexity index is 585. The fraction of sp³-hybridized carbons (Fsp3) is 0.294. The first-order valence-corrected chi connectivity index (χ1v) is 7.26. The largest absolute Gasteiger partial charge is 0.497 e. The molecule has 1 aromatic carbocycles. The van der Waals surface area contributed by atoms with Crippen molar-refractivity contribution in [3.05, 3.63) is 59.9 Å². The van der Waals surface area contributed by atoms with Crippen LogP contribution in [0.4, 0.5) is 4.79 Å². The van der Waals surface area contributed by atoms with Crippen LogP contribution in [0, 0.1) is 0 Å². The normalized spacial score (nSPS) is 11.5. The highest BCUT2D eigenvalue weighted by Crippen LogP contribution is 2.11. The van der Waals surface area contributed by atoms with Crippen LogP contribution < -0.4 is 15.4 Å². The Hall–Kier alpha value is -2.56. The minimum absolute atomic E-state index is 0.0519. The summed E-state index contributed by atoms with van der Waals surface area (Å²) in [5.41, 5.74) is 2.18. The van der Waals surface area contributed by atoms with Gasteiger partial charge in [-0.2, -0.15) is 0 Å². The maximum atomic E-state index is 11.9. The quantitative estimate of drug-likeness (QED) is 0.862. The van der Waals surface area contributed by atoms with Gasteiger partial charge in [0, 0.05) is 18.9 Å². The number of aromatic nitrogens is 1. The first-order chi connectivity index (χ1) is 10.7. The molecule has 2 aromatic rings. The van der Waals surface area contributed by atoms with Crippen molar-refractivity contribution in [3.63, 3.8) is 0 Å². The van der Waals surface area contributed by atoms with E-state index in [2.05, 4.69) is 15.6 Å². The maximum absolute atomic E-state index is 11.9. The van der Waals surface area contributed by atoms with Crippen molar-refractivity contribution >= 4 is 6.03 Å². The molecule has 1 heterocycles. The first kappa shape index (κ1) is 15.8. The Morgan fingerprint density at radius 3 is 2.50 bits per heavy atom. The minimum atomic E-state index is -0.169. The highest BCUT2D eigenvalue weighted by atomic mass is 16.5. The van der Waals surface area contributed by atoms with E-state index in [9.17, 15) is 4.79 Å². The molecule has 0 aliphatic carbocycles. The molecule has 0 aliphatic rings. The van der Waals surface area contributed by atoms with E-state index in [-0.39, 0.29) is 12.1 Å². The molecule has 2 amide bonds. The highest BCUT2D eigenvalue weighted by Gasteiger charge is 2.08. The van der Waals surface area contributed by atoms with Crippen LogP contribution in [0.25, 0.3) is 0 Å². The van der Waals surface area contributed by atoms with Crippen LogP contribution in [0.3, 0.4) is 0 Å². The Labute approximate surface area is 130 Å². The lowest BCUT2D eigenvalue weighted by molar-refractivity contribution is 0.238. The van der Waals surface area contributed by atoms with Crippen molar-refractivity contribution in [2.45, 2.75) is 19.4 Å². The number of ether oxygens (including phenoxy) is 1. The van der Waals surface area contributed by atoms with Crippen molar-refractivity contribution < 1.29 is 9.53 Å². The standard InChI is InChI=1S/C17H21N3O2/c1-13(15-8-10-18-11-9-15)20-17(21)19-12-7-14-3-5-16(22-2)6-4-14/h3-6,8-11,13H,7,12H2,1-2H3,(H2,19,20,21). The zero-order valence-corrected chi connectivity index (χ0v) is 12.9. The summed E-state index contributed by atoms with van der Waals surface area (Å²) in [6, 6.07) is 11.4. The summed E-state index contributed by atoms with van der Waals surface area (Å²) in [6.45, 7) is 2.53. The molecule has 0 radical (unpaired) electrons. The number of pyridine rings is 1. The first-order valence-electron chi connectivity index (χ1n) is 7.26. The zero-order chi connectivity index (χ0) is 15.8. The summed E-state index contributed by atoms with van der Waals surface area (Å²) in [7, 11) is 1.64. The van der Waals surface area contributed by atoms with Gasteiger partial charge in [0.1, 0.15) is 5.75 Å². The Balaban J connectivity index is 1.73. The summed E-state index contributed by atoms with van der Waals surface area (Å²) in [6.07, 6.45) is 4.21. The van der Waals surface area contributed by atoms with E-state index in [0.29, 0.717) is 6.54 Å². The lowest BCUT2D eigenvalue weighted by Crippen LogP contribution is -2.38. The molecule has 0 spiro atoms. The smallest absolute Gasteiger partial charge is 0.315 e. The fourth-order valence-electron chi connectivity index (χ4n) is 2.10. The molecule has 1 atom stereocenters. The van der Waals surface area contributed by atoms with E-state index in [1.165, 1.54) is 0 Å². The van der Waals surface area contributed by atoms with Gasteiger partial charge in [-0.05, 0) is 48.7 Å². The molecular weight excluding hydrogens is 278 g/mol. The van der Waals surface area contributed by atoms with E-state index in [1.54, 1.807) is 19.5 Å². The van der Waals surface area contributed by atoms with Gasteiger partial charge in [0.05, 0.1) is 13.2 Å². The monoisotopic (exact) mass is 299 g/mol. The third-order valence-electron chi connectivity index (χ3n) is 3.41. The minimum Gasteiger partial charge on any atom is -0.497 e. The van der Waals surface area contributed by atoms with Crippen LogP contribution >= 0.6 is 0 Å². The van der Waals surface area contributed by atoms with Crippen LogP contribution in [0.1, 0.15) is 24.1 Å². The summed E-state index contributed by atoms with van der Waals surface area (Å²) in [5, 5.41) is 5.77. The van der Waals surface area contributed by atoms with Crippen molar-refractivity contribution in [1.29, 1.82) is 0 Å². The number of benzene rings is 1. The predicted octanol–water partition coefficient (Wildman–Crippen LogP) is 2.69. The van der Waals surface area contributed by atoms with Gasteiger partial charge in [0.15, 0.2) is 0 Å². The molecule has 22 heavy (non-hydrogen) atoms. The summed E-state index contributed by atoms with van der Waals surface area (Å²) in [4.78, 5) is 15.8. The molecule has 0 saturated carbocycles. The molecule has 2 rings (SSSR count). The maximum Gasteiger partial charge on any atom is 0.315 e. The van der Waals surface area contributed by atoms with Gasteiger partial charge in [0.25, 0.3) is 0 Å². The van der Waals surface area contributed by atoms with Gasteiger partial charge in [0.2, 0.25) is 0 Å². The second-order valence-electron chi connectivity index (χ2n) is 5.00. The molecule has 5 nitrogen and oxygen atoms in total. The number of methoxy groups -OCH3 is 1. The van der Waals surface area contributed by atoms with E-state index in [0.717, 1.165) is 23.3 Å². The van der Waals surface area contributed by atoms with Crippen molar-refractivity contribution in [2.75, 3.05) is 13.7 Å². The number of nitrogens with one attached hydrogen (secondary N) is 2. The second-order valence-corrected chi connectivity index (χ2v) is 5.00. The van der Waals surface area contributed by atoms with Crippen molar-refractivity contribution in [3.8, 4) is 5.75 Å². The number of nitrogens with zero attached hydrogens (tertiary/aromatic N) is 1. The zero-order valence-electron chi connectivity index (χ0n) is 12.9. The van der Waals surface area contributed by atoms with E-state index >= 15 is 0 Å². The van der Waals surface area contributed by atoms with Gasteiger partial charge in [-0.25, -0.2) is 4.79 Å². The number of hydrogen-bond donors (Lipinski definition) is 2. The lowest BCUT2D eigenvalue weighted by Gasteiger charge is -2.14. The Morgan fingerprint density at radius 1 is 1.18 bits per heavy atom. The van der Waals surface area contributed by atoms with E-state index in [1.807, 2.05) is 43.3 Å². The predicted molar refractivity (Wildman–Crippen MR) is 85.9 cm³/mol. The molecule has 1 aromatic heterocycles. The van der Waals surface area contributed by atoms with Crippen LogP contribution in [-0.4, -0.2) is 24.7 Å². The van der Waals surface area contributed by atoms with Gasteiger partial charge in [-0.1, -0.05) is 12.1 Å². The number of carbonyl (C=O) groups is 1. The number of hydrogen-bond acceptors (Lipinski definition) is 3. The third-order valence-corrected chi connectivity index (χ3v) is 3.41. The molecule has 116 valence electrons. The van der Waals surface area contributed by atoms with Crippen molar-refractivity contribution in [2.24, 2.45) is 0 Å². The van der Waals surface area contributed by atoms with Gasteiger partial charge in [-0.3, -0.25) is 4.98 Å². The average Bonchev–Trinajstić information content (AvgIpc) is 2.56. The summed E-state index contributed by atoms with van der Waals surface area (Å²) in [5.74, 6) is 0.834. The lowest BCUT2D eigenvalue weighted by atomic mass is 10.1.